The van der Waals surface area contributed by atoms with Crippen LogP contribution in [0.1, 0.15) is 19.3 Å². The summed E-state index contributed by atoms with van der Waals surface area (Å²) in [6.45, 7) is 1.45. The molecule has 1 aliphatic carbocycles. The number of hydrogen-bond acceptors (Lipinski definition) is 5. The Bertz CT molecular complexity index is 409. The molecule has 1 saturated carbocycles. The fourth-order valence-corrected chi connectivity index (χ4v) is 4.26. The van der Waals surface area contributed by atoms with Crippen molar-refractivity contribution in [2.24, 2.45) is 0 Å². The maximum absolute atomic E-state index is 5.86. The van der Waals surface area contributed by atoms with Crippen LogP contribution in [0.3, 0.4) is 0 Å². The Morgan fingerprint density at radius 1 is 1.37 bits per heavy atom. The monoisotopic (exact) mass is 280 g/mol. The van der Waals surface area contributed by atoms with Crippen LogP contribution in [0.25, 0.3) is 0 Å². The Morgan fingerprint density at radius 2 is 2.21 bits per heavy atom. The van der Waals surface area contributed by atoms with E-state index in [2.05, 4.69) is 16.4 Å². The van der Waals surface area contributed by atoms with Crippen LogP contribution in [-0.2, 0) is 9.47 Å². The Hall–Kier alpha value is -0.620. The zero-order valence-electron chi connectivity index (χ0n) is 11.2. The third-order valence-electron chi connectivity index (χ3n) is 3.89. The zero-order valence-corrected chi connectivity index (χ0v) is 12.0. The molecular formula is C14H20N2O2S. The number of nitrogens with one attached hydrogen (secondary N) is 1. The number of hydrogen-bond donors (Lipinski definition) is 1. The lowest BCUT2D eigenvalue weighted by molar-refractivity contribution is -0.177. The normalized spacial score (nSPS) is 29.7. The van der Waals surface area contributed by atoms with Crippen LogP contribution in [0.4, 0.5) is 0 Å². The molecule has 2 aliphatic rings. The van der Waals surface area contributed by atoms with Gasteiger partial charge in [0, 0.05) is 30.3 Å². The molecule has 2 unspecified atom stereocenters. The maximum atomic E-state index is 5.86. The van der Waals surface area contributed by atoms with E-state index in [0.717, 1.165) is 37.5 Å². The molecular weight excluding hydrogens is 260 g/mol. The highest BCUT2D eigenvalue weighted by atomic mass is 32.2. The minimum atomic E-state index is -0.334. The molecule has 1 saturated heterocycles. The van der Waals surface area contributed by atoms with Gasteiger partial charge in [-0.1, -0.05) is 6.07 Å². The van der Waals surface area contributed by atoms with E-state index >= 15 is 0 Å². The number of aromatic nitrogens is 1. The summed E-state index contributed by atoms with van der Waals surface area (Å²) in [7, 11) is 2.03. The van der Waals surface area contributed by atoms with Gasteiger partial charge in [0.05, 0.1) is 18.2 Å². The van der Waals surface area contributed by atoms with Gasteiger partial charge in [0.25, 0.3) is 0 Å². The third-order valence-corrected chi connectivity index (χ3v) is 5.17. The van der Waals surface area contributed by atoms with Gasteiger partial charge in [-0.3, -0.25) is 0 Å². The predicted octanol–water partition coefficient (Wildman–Crippen LogP) is 2.06. The summed E-state index contributed by atoms with van der Waals surface area (Å²) in [5, 5.41) is 4.93. The number of thioether (sulfide) groups is 1. The molecule has 0 radical (unpaired) electrons. The molecule has 1 N–H and O–H groups in total. The smallest absolute Gasteiger partial charge is 0.169 e. The second kappa shape index (κ2) is 5.79. The lowest BCUT2D eigenvalue weighted by Crippen LogP contribution is -2.48. The highest BCUT2D eigenvalue weighted by Gasteiger charge is 2.45. The van der Waals surface area contributed by atoms with Crippen molar-refractivity contribution in [3.8, 4) is 0 Å². The molecule has 2 atom stereocenters. The van der Waals surface area contributed by atoms with Gasteiger partial charge >= 0.3 is 0 Å². The van der Waals surface area contributed by atoms with E-state index < -0.39 is 0 Å². The van der Waals surface area contributed by atoms with Crippen molar-refractivity contribution in [1.82, 2.24) is 10.3 Å². The standard InChI is InChI=1S/C14H20N2O2S/c1-15-11-5-6-14(17-8-9-18-14)10-12(11)19-13-4-2-3-7-16-13/h2-4,7,11-12,15H,5-6,8-10H2,1H3. The Kier molecular flexibility index (Phi) is 4.07. The van der Waals surface area contributed by atoms with Gasteiger partial charge in [-0.15, -0.1) is 11.8 Å². The molecule has 2 fully saturated rings. The Morgan fingerprint density at radius 3 is 2.89 bits per heavy atom. The van der Waals surface area contributed by atoms with Gasteiger partial charge in [0.2, 0.25) is 0 Å². The van der Waals surface area contributed by atoms with Gasteiger partial charge in [0.15, 0.2) is 5.79 Å². The molecule has 1 aromatic rings. The zero-order chi connectivity index (χ0) is 13.1. The van der Waals surface area contributed by atoms with Crippen molar-refractivity contribution in [3.05, 3.63) is 24.4 Å². The predicted molar refractivity (Wildman–Crippen MR) is 75.2 cm³/mol. The first-order valence-corrected chi connectivity index (χ1v) is 7.72. The second-order valence-corrected chi connectivity index (χ2v) is 6.33. The third kappa shape index (κ3) is 2.94. The summed E-state index contributed by atoms with van der Waals surface area (Å²) < 4.78 is 11.7. The van der Waals surface area contributed by atoms with E-state index in [4.69, 9.17) is 9.47 Å². The van der Waals surface area contributed by atoms with Gasteiger partial charge < -0.3 is 14.8 Å². The maximum Gasteiger partial charge on any atom is 0.169 e. The summed E-state index contributed by atoms with van der Waals surface area (Å²) in [6.07, 6.45) is 4.84. The van der Waals surface area contributed by atoms with Crippen LogP contribution in [0.2, 0.25) is 0 Å². The van der Waals surface area contributed by atoms with Crippen LogP contribution in [0.5, 0.6) is 0 Å². The van der Waals surface area contributed by atoms with E-state index in [1.807, 2.05) is 37.1 Å². The van der Waals surface area contributed by atoms with Crippen LogP contribution >= 0.6 is 11.8 Å². The molecule has 4 nitrogen and oxygen atoms in total. The van der Waals surface area contributed by atoms with Crippen molar-refractivity contribution in [1.29, 1.82) is 0 Å². The fraction of sp³-hybridized carbons (Fsp3) is 0.643. The summed E-state index contributed by atoms with van der Waals surface area (Å²) in [4.78, 5) is 4.41. The first-order chi connectivity index (χ1) is 9.31. The number of ether oxygens (including phenoxy) is 2. The molecule has 2 heterocycles. The molecule has 0 aromatic carbocycles. The van der Waals surface area contributed by atoms with Crippen LogP contribution in [-0.4, -0.2) is 42.3 Å². The van der Waals surface area contributed by atoms with E-state index in [1.165, 1.54) is 0 Å². The first kappa shape index (κ1) is 13.4. The van der Waals surface area contributed by atoms with Crippen molar-refractivity contribution in [3.63, 3.8) is 0 Å². The highest BCUT2D eigenvalue weighted by Crippen LogP contribution is 2.42. The average Bonchev–Trinajstić information content (AvgIpc) is 2.88. The molecule has 0 amide bonds. The second-order valence-electron chi connectivity index (χ2n) is 5.07. The summed E-state index contributed by atoms with van der Waals surface area (Å²) in [5.74, 6) is -0.334. The van der Waals surface area contributed by atoms with Gasteiger partial charge in [-0.05, 0) is 25.6 Å². The molecule has 1 aliphatic heterocycles. The number of nitrogens with zero attached hydrogens (tertiary/aromatic N) is 1. The van der Waals surface area contributed by atoms with Crippen LogP contribution in [0, 0.1) is 0 Å². The van der Waals surface area contributed by atoms with Crippen molar-refractivity contribution in [2.45, 2.75) is 41.4 Å². The largest absolute Gasteiger partial charge is 0.347 e. The highest BCUT2D eigenvalue weighted by molar-refractivity contribution is 7.99. The van der Waals surface area contributed by atoms with Crippen LogP contribution < -0.4 is 5.32 Å². The SMILES string of the molecule is CNC1CCC2(CC1Sc1ccccn1)OCCO2. The minimum Gasteiger partial charge on any atom is -0.347 e. The van der Waals surface area contributed by atoms with Crippen molar-refractivity contribution < 1.29 is 9.47 Å². The van der Waals surface area contributed by atoms with E-state index in [1.54, 1.807) is 0 Å². The van der Waals surface area contributed by atoms with E-state index in [-0.39, 0.29) is 5.79 Å². The lowest BCUT2D eigenvalue weighted by atomic mass is 9.89. The molecule has 104 valence electrons. The Balaban J connectivity index is 1.72. The topological polar surface area (TPSA) is 43.4 Å². The van der Waals surface area contributed by atoms with Gasteiger partial charge in [0.1, 0.15) is 0 Å². The van der Waals surface area contributed by atoms with E-state index in [9.17, 15) is 0 Å². The summed E-state index contributed by atoms with van der Waals surface area (Å²) in [6, 6.07) is 6.54. The average molecular weight is 280 g/mol. The molecule has 19 heavy (non-hydrogen) atoms. The number of rotatable bonds is 3. The Labute approximate surface area is 118 Å². The van der Waals surface area contributed by atoms with Crippen molar-refractivity contribution in [2.75, 3.05) is 20.3 Å². The van der Waals surface area contributed by atoms with Crippen LogP contribution in [0.15, 0.2) is 29.4 Å². The summed E-state index contributed by atoms with van der Waals surface area (Å²) >= 11 is 1.82. The quantitative estimate of drug-likeness (QED) is 0.918. The molecule has 3 rings (SSSR count). The molecule has 1 aromatic heterocycles. The number of pyridine rings is 1. The minimum absolute atomic E-state index is 0.334. The summed E-state index contributed by atoms with van der Waals surface area (Å²) in [5.41, 5.74) is 0. The van der Waals surface area contributed by atoms with E-state index in [0.29, 0.717) is 11.3 Å². The molecule has 5 heteroatoms. The van der Waals surface area contributed by atoms with Gasteiger partial charge in [-0.2, -0.15) is 0 Å². The van der Waals surface area contributed by atoms with Crippen molar-refractivity contribution >= 4 is 11.8 Å². The first-order valence-electron chi connectivity index (χ1n) is 6.84. The molecule has 0 bridgehead atoms. The lowest BCUT2D eigenvalue weighted by Gasteiger charge is -2.40. The van der Waals surface area contributed by atoms with Gasteiger partial charge in [-0.25, -0.2) is 4.98 Å². The fourth-order valence-electron chi connectivity index (χ4n) is 2.90. The molecule has 1 spiro atoms.